The average Bonchev–Trinajstić information content (AvgIpc) is 2.64. The average molecular weight is 228 g/mol. The first-order valence-electron chi connectivity index (χ1n) is 6.04. The van der Waals surface area contributed by atoms with Gasteiger partial charge in [-0.05, 0) is 12.3 Å². The molecule has 0 spiro atoms. The van der Waals surface area contributed by atoms with Crippen LogP contribution >= 0.6 is 0 Å². The van der Waals surface area contributed by atoms with Gasteiger partial charge in [0.2, 0.25) is 0 Å². The molecule has 0 fully saturated rings. The normalized spacial score (nSPS) is 11.8. The third kappa shape index (κ3) is 2.96. The fourth-order valence-electron chi connectivity index (χ4n) is 1.91. The van der Waals surface area contributed by atoms with Gasteiger partial charge < -0.3 is 4.57 Å². The lowest BCUT2D eigenvalue weighted by Gasteiger charge is -2.20. The van der Waals surface area contributed by atoms with Crippen molar-refractivity contribution in [3.05, 3.63) is 42.2 Å². The van der Waals surface area contributed by atoms with E-state index >= 15 is 0 Å². The summed E-state index contributed by atoms with van der Waals surface area (Å²) in [5, 5.41) is 0. The topological polar surface area (TPSA) is 17.8 Å². The predicted octanol–water partition coefficient (Wildman–Crippen LogP) is 3.90. The fourth-order valence-corrected chi connectivity index (χ4v) is 1.91. The molecule has 2 nitrogen and oxygen atoms in total. The van der Waals surface area contributed by atoms with Crippen LogP contribution in [0.2, 0.25) is 0 Å². The zero-order valence-corrected chi connectivity index (χ0v) is 11.1. The van der Waals surface area contributed by atoms with Gasteiger partial charge in [-0.3, -0.25) is 0 Å². The van der Waals surface area contributed by atoms with Gasteiger partial charge in [0.25, 0.3) is 0 Å². The van der Waals surface area contributed by atoms with E-state index in [0.29, 0.717) is 0 Å². The van der Waals surface area contributed by atoms with Crippen molar-refractivity contribution in [3.8, 4) is 11.4 Å². The van der Waals surface area contributed by atoms with Gasteiger partial charge in [0.1, 0.15) is 5.82 Å². The van der Waals surface area contributed by atoms with Gasteiger partial charge in [-0.15, -0.1) is 0 Å². The van der Waals surface area contributed by atoms with E-state index in [0.717, 1.165) is 12.4 Å². The second-order valence-corrected chi connectivity index (χ2v) is 5.81. The van der Waals surface area contributed by atoms with E-state index in [1.54, 1.807) is 0 Å². The zero-order chi connectivity index (χ0) is 12.5. The fraction of sp³-hybridized carbons (Fsp3) is 0.400. The third-order valence-electron chi connectivity index (χ3n) is 2.67. The predicted molar refractivity (Wildman–Crippen MR) is 71.9 cm³/mol. The second-order valence-electron chi connectivity index (χ2n) is 5.81. The summed E-state index contributed by atoms with van der Waals surface area (Å²) in [5.74, 6) is 1.06. The molecule has 1 heterocycles. The Kier molecular flexibility index (Phi) is 3.05. The molecule has 0 aliphatic heterocycles. The quantitative estimate of drug-likeness (QED) is 0.762. The summed E-state index contributed by atoms with van der Waals surface area (Å²) >= 11 is 0. The SMILES string of the molecule is Cc1ccc(-c2nccn2CC(C)(C)C)cc1. The lowest BCUT2D eigenvalue weighted by atomic mass is 9.97. The number of aromatic nitrogens is 2. The lowest BCUT2D eigenvalue weighted by molar-refractivity contribution is 0.345. The summed E-state index contributed by atoms with van der Waals surface area (Å²) in [7, 11) is 0. The second kappa shape index (κ2) is 4.36. The smallest absolute Gasteiger partial charge is 0.139 e. The van der Waals surface area contributed by atoms with Crippen molar-refractivity contribution in [2.45, 2.75) is 34.2 Å². The highest BCUT2D eigenvalue weighted by atomic mass is 15.1. The molecule has 0 atom stereocenters. The van der Waals surface area contributed by atoms with Crippen molar-refractivity contribution in [2.24, 2.45) is 5.41 Å². The van der Waals surface area contributed by atoms with E-state index in [2.05, 4.69) is 67.7 Å². The van der Waals surface area contributed by atoms with E-state index in [1.807, 2.05) is 6.20 Å². The molecule has 0 N–H and O–H groups in total. The number of rotatable bonds is 2. The number of imidazole rings is 1. The molecule has 17 heavy (non-hydrogen) atoms. The third-order valence-corrected chi connectivity index (χ3v) is 2.67. The molecule has 2 rings (SSSR count). The molecular weight excluding hydrogens is 208 g/mol. The first-order valence-corrected chi connectivity index (χ1v) is 6.04. The van der Waals surface area contributed by atoms with Crippen molar-refractivity contribution in [1.82, 2.24) is 9.55 Å². The minimum absolute atomic E-state index is 0.264. The van der Waals surface area contributed by atoms with Crippen LogP contribution < -0.4 is 0 Å². The Labute approximate surface area is 103 Å². The Morgan fingerprint density at radius 1 is 1.12 bits per heavy atom. The molecular formula is C15H20N2. The number of hydrogen-bond acceptors (Lipinski definition) is 1. The van der Waals surface area contributed by atoms with Crippen LogP contribution in [0, 0.1) is 12.3 Å². The summed E-state index contributed by atoms with van der Waals surface area (Å²) in [4.78, 5) is 4.46. The Balaban J connectivity index is 2.33. The first-order chi connectivity index (χ1) is 7.96. The molecule has 0 unspecified atom stereocenters. The van der Waals surface area contributed by atoms with Gasteiger partial charge in [0.05, 0.1) is 0 Å². The number of nitrogens with zero attached hydrogens (tertiary/aromatic N) is 2. The minimum atomic E-state index is 0.264. The molecule has 1 aromatic carbocycles. The van der Waals surface area contributed by atoms with Gasteiger partial charge in [-0.2, -0.15) is 0 Å². The van der Waals surface area contributed by atoms with Crippen LogP contribution in [0.4, 0.5) is 0 Å². The standard InChI is InChI=1S/C15H20N2/c1-12-5-7-13(8-6-12)14-16-9-10-17(14)11-15(2,3)4/h5-10H,11H2,1-4H3. The summed E-state index contributed by atoms with van der Waals surface area (Å²) in [5.41, 5.74) is 2.73. The van der Waals surface area contributed by atoms with E-state index in [-0.39, 0.29) is 5.41 Å². The Bertz CT molecular complexity index is 486. The Morgan fingerprint density at radius 2 is 1.76 bits per heavy atom. The van der Waals surface area contributed by atoms with Crippen molar-refractivity contribution >= 4 is 0 Å². The van der Waals surface area contributed by atoms with E-state index < -0.39 is 0 Å². The highest BCUT2D eigenvalue weighted by Crippen LogP contribution is 2.23. The zero-order valence-electron chi connectivity index (χ0n) is 11.1. The Morgan fingerprint density at radius 3 is 2.35 bits per heavy atom. The largest absolute Gasteiger partial charge is 0.330 e. The summed E-state index contributed by atoms with van der Waals surface area (Å²) in [6, 6.07) is 8.53. The lowest BCUT2D eigenvalue weighted by Crippen LogP contribution is -2.15. The van der Waals surface area contributed by atoms with Gasteiger partial charge >= 0.3 is 0 Å². The van der Waals surface area contributed by atoms with E-state index in [9.17, 15) is 0 Å². The summed E-state index contributed by atoms with van der Waals surface area (Å²) in [6.45, 7) is 9.81. The van der Waals surface area contributed by atoms with E-state index in [1.165, 1.54) is 11.1 Å². The molecule has 0 amide bonds. The van der Waals surface area contributed by atoms with Crippen LogP contribution in [0.25, 0.3) is 11.4 Å². The molecule has 0 saturated carbocycles. The highest BCUT2D eigenvalue weighted by Gasteiger charge is 2.14. The van der Waals surface area contributed by atoms with Crippen molar-refractivity contribution in [3.63, 3.8) is 0 Å². The van der Waals surface area contributed by atoms with Gasteiger partial charge in [0.15, 0.2) is 0 Å². The molecule has 90 valence electrons. The van der Waals surface area contributed by atoms with Crippen LogP contribution in [0.5, 0.6) is 0 Å². The minimum Gasteiger partial charge on any atom is -0.330 e. The van der Waals surface area contributed by atoms with Crippen LogP contribution in [0.15, 0.2) is 36.7 Å². The molecule has 2 aromatic rings. The number of benzene rings is 1. The van der Waals surface area contributed by atoms with Crippen molar-refractivity contribution < 1.29 is 0 Å². The van der Waals surface area contributed by atoms with Crippen LogP contribution in [-0.4, -0.2) is 9.55 Å². The van der Waals surface area contributed by atoms with Gasteiger partial charge in [0, 0.05) is 24.5 Å². The summed E-state index contributed by atoms with van der Waals surface area (Å²) in [6.07, 6.45) is 3.93. The maximum Gasteiger partial charge on any atom is 0.139 e. The van der Waals surface area contributed by atoms with Gasteiger partial charge in [-0.25, -0.2) is 4.98 Å². The number of aryl methyl sites for hydroxylation is 1. The molecule has 0 aliphatic carbocycles. The first kappa shape index (κ1) is 11.9. The van der Waals surface area contributed by atoms with Crippen LogP contribution in [-0.2, 0) is 6.54 Å². The molecule has 2 heteroatoms. The monoisotopic (exact) mass is 228 g/mol. The molecule has 0 bridgehead atoms. The Hall–Kier alpha value is -1.57. The van der Waals surface area contributed by atoms with Crippen LogP contribution in [0.1, 0.15) is 26.3 Å². The molecule has 0 radical (unpaired) electrons. The molecule has 0 saturated heterocycles. The van der Waals surface area contributed by atoms with Crippen molar-refractivity contribution in [2.75, 3.05) is 0 Å². The molecule has 0 aliphatic rings. The maximum atomic E-state index is 4.46. The summed E-state index contributed by atoms with van der Waals surface area (Å²) < 4.78 is 2.23. The van der Waals surface area contributed by atoms with Crippen molar-refractivity contribution in [1.29, 1.82) is 0 Å². The highest BCUT2D eigenvalue weighted by molar-refractivity contribution is 5.55. The van der Waals surface area contributed by atoms with Gasteiger partial charge in [-0.1, -0.05) is 50.6 Å². The van der Waals surface area contributed by atoms with E-state index in [4.69, 9.17) is 0 Å². The van der Waals surface area contributed by atoms with Crippen LogP contribution in [0.3, 0.4) is 0 Å². The molecule has 1 aromatic heterocycles. The number of hydrogen-bond donors (Lipinski definition) is 0. The maximum absolute atomic E-state index is 4.46.